The molecule has 158 valence electrons. The molecule has 30 heavy (non-hydrogen) atoms. The van der Waals surface area contributed by atoms with Crippen LogP contribution in [0.2, 0.25) is 0 Å². The maximum Gasteiger partial charge on any atom is 0.416 e. The SMILES string of the molecule is COc1ccc(C)cc1CCNC(=O)c1sc(-c2ccc(C(F)(F)F)cc2)nc1C. The zero-order chi connectivity index (χ0) is 21.9. The van der Waals surface area contributed by atoms with Gasteiger partial charge in [0, 0.05) is 12.1 Å². The van der Waals surface area contributed by atoms with Crippen LogP contribution in [0.15, 0.2) is 42.5 Å². The summed E-state index contributed by atoms with van der Waals surface area (Å²) in [7, 11) is 1.61. The first-order valence-electron chi connectivity index (χ1n) is 9.26. The Labute approximate surface area is 176 Å². The van der Waals surface area contributed by atoms with Gasteiger partial charge in [-0.1, -0.05) is 29.8 Å². The molecule has 2 aromatic carbocycles. The highest BCUT2D eigenvalue weighted by Gasteiger charge is 2.30. The number of ether oxygens (including phenoxy) is 1. The van der Waals surface area contributed by atoms with Gasteiger partial charge in [-0.3, -0.25) is 4.79 Å². The predicted octanol–water partition coefficient (Wildman–Crippen LogP) is 5.43. The molecule has 0 unspecified atom stereocenters. The van der Waals surface area contributed by atoms with E-state index in [0.717, 1.165) is 40.3 Å². The number of aromatic nitrogens is 1. The van der Waals surface area contributed by atoms with Crippen molar-refractivity contribution in [1.82, 2.24) is 10.3 Å². The standard InChI is InChI=1S/C22H21F3N2O2S/c1-13-4-9-18(29-3)16(12-13)10-11-26-20(28)19-14(2)27-21(30-19)15-5-7-17(8-6-15)22(23,24)25/h4-9,12H,10-11H2,1-3H3,(H,26,28). The molecule has 4 nitrogen and oxygen atoms in total. The number of carbonyl (C=O) groups is 1. The number of halogens is 3. The van der Waals surface area contributed by atoms with Crippen molar-refractivity contribution in [2.45, 2.75) is 26.4 Å². The van der Waals surface area contributed by atoms with Crippen molar-refractivity contribution in [3.8, 4) is 16.3 Å². The van der Waals surface area contributed by atoms with Gasteiger partial charge in [-0.05, 0) is 44.0 Å². The molecule has 8 heteroatoms. The van der Waals surface area contributed by atoms with Crippen molar-refractivity contribution in [2.24, 2.45) is 0 Å². The maximum absolute atomic E-state index is 12.7. The average Bonchev–Trinajstić information content (AvgIpc) is 3.09. The second-order valence-electron chi connectivity index (χ2n) is 6.83. The number of nitrogens with one attached hydrogen (secondary N) is 1. The van der Waals surface area contributed by atoms with E-state index in [4.69, 9.17) is 4.74 Å². The number of hydrogen-bond acceptors (Lipinski definition) is 4. The van der Waals surface area contributed by atoms with Crippen LogP contribution < -0.4 is 10.1 Å². The summed E-state index contributed by atoms with van der Waals surface area (Å²) in [5.74, 6) is 0.517. The Morgan fingerprint density at radius 3 is 2.47 bits per heavy atom. The van der Waals surface area contributed by atoms with Gasteiger partial charge in [-0.2, -0.15) is 13.2 Å². The fraction of sp³-hybridized carbons (Fsp3) is 0.273. The summed E-state index contributed by atoms with van der Waals surface area (Å²) in [6.07, 6.45) is -3.78. The Hall–Kier alpha value is -2.87. The summed E-state index contributed by atoms with van der Waals surface area (Å²) in [5.41, 5.74) is 2.48. The molecule has 0 spiro atoms. The lowest BCUT2D eigenvalue weighted by Gasteiger charge is -2.10. The summed E-state index contributed by atoms with van der Waals surface area (Å²) in [6, 6.07) is 10.6. The van der Waals surface area contributed by atoms with Gasteiger partial charge in [0.05, 0.1) is 18.4 Å². The van der Waals surface area contributed by atoms with Gasteiger partial charge in [-0.15, -0.1) is 11.3 Å². The highest BCUT2D eigenvalue weighted by Crippen LogP contribution is 2.33. The lowest BCUT2D eigenvalue weighted by atomic mass is 10.1. The fourth-order valence-electron chi connectivity index (χ4n) is 3.03. The quantitative estimate of drug-likeness (QED) is 0.563. The van der Waals surface area contributed by atoms with Crippen LogP contribution in [-0.2, 0) is 12.6 Å². The third kappa shape index (κ3) is 4.99. The number of alkyl halides is 3. The zero-order valence-corrected chi connectivity index (χ0v) is 17.6. The van der Waals surface area contributed by atoms with Crippen LogP contribution in [0.3, 0.4) is 0 Å². The van der Waals surface area contributed by atoms with Crippen molar-refractivity contribution in [1.29, 1.82) is 0 Å². The molecule has 0 saturated carbocycles. The van der Waals surface area contributed by atoms with Crippen LogP contribution >= 0.6 is 11.3 Å². The molecule has 0 radical (unpaired) electrons. The van der Waals surface area contributed by atoms with Crippen molar-refractivity contribution in [2.75, 3.05) is 13.7 Å². The lowest BCUT2D eigenvalue weighted by Crippen LogP contribution is -2.25. The minimum Gasteiger partial charge on any atom is -0.496 e. The Morgan fingerprint density at radius 1 is 1.13 bits per heavy atom. The van der Waals surface area contributed by atoms with Crippen molar-refractivity contribution in [3.05, 3.63) is 69.7 Å². The number of benzene rings is 2. The minimum atomic E-state index is -4.39. The first kappa shape index (κ1) is 21.8. The molecule has 1 aromatic heterocycles. The van der Waals surface area contributed by atoms with E-state index in [1.54, 1.807) is 14.0 Å². The molecule has 0 bridgehead atoms. The van der Waals surface area contributed by atoms with Crippen LogP contribution in [0, 0.1) is 13.8 Å². The zero-order valence-electron chi connectivity index (χ0n) is 16.8. The van der Waals surface area contributed by atoms with Gasteiger partial charge in [0.15, 0.2) is 0 Å². The number of amides is 1. The summed E-state index contributed by atoms with van der Waals surface area (Å²) in [4.78, 5) is 17.4. The van der Waals surface area contributed by atoms with E-state index in [-0.39, 0.29) is 5.91 Å². The summed E-state index contributed by atoms with van der Waals surface area (Å²) in [6.45, 7) is 4.12. The van der Waals surface area contributed by atoms with Crippen LogP contribution in [0.1, 0.15) is 32.1 Å². The second-order valence-corrected chi connectivity index (χ2v) is 7.83. The molecule has 3 aromatic rings. The predicted molar refractivity (Wildman–Crippen MR) is 111 cm³/mol. The maximum atomic E-state index is 12.7. The van der Waals surface area contributed by atoms with Crippen LogP contribution in [-0.4, -0.2) is 24.5 Å². The number of rotatable bonds is 6. The largest absolute Gasteiger partial charge is 0.496 e. The number of carbonyl (C=O) groups excluding carboxylic acids is 1. The third-order valence-electron chi connectivity index (χ3n) is 4.58. The summed E-state index contributed by atoms with van der Waals surface area (Å²) < 4.78 is 43.6. The summed E-state index contributed by atoms with van der Waals surface area (Å²) >= 11 is 1.16. The normalized spacial score (nSPS) is 11.4. The Morgan fingerprint density at radius 2 is 1.83 bits per heavy atom. The topological polar surface area (TPSA) is 51.2 Å². The van der Waals surface area contributed by atoms with Crippen LogP contribution in [0.5, 0.6) is 5.75 Å². The molecule has 3 rings (SSSR count). The van der Waals surface area contributed by atoms with Gasteiger partial charge >= 0.3 is 6.18 Å². The molecule has 1 N–H and O–H groups in total. The molecule has 1 amide bonds. The number of hydrogen-bond donors (Lipinski definition) is 1. The Kier molecular flexibility index (Phi) is 6.45. The van der Waals surface area contributed by atoms with Crippen LogP contribution in [0.4, 0.5) is 13.2 Å². The molecule has 0 saturated heterocycles. The van der Waals surface area contributed by atoms with Gasteiger partial charge in [0.2, 0.25) is 0 Å². The van der Waals surface area contributed by atoms with Crippen molar-refractivity contribution in [3.63, 3.8) is 0 Å². The van der Waals surface area contributed by atoms with E-state index in [9.17, 15) is 18.0 Å². The third-order valence-corrected chi connectivity index (χ3v) is 5.78. The molecule has 0 atom stereocenters. The first-order chi connectivity index (χ1) is 14.2. The number of aryl methyl sites for hydroxylation is 2. The van der Waals surface area contributed by atoms with E-state index < -0.39 is 11.7 Å². The van der Waals surface area contributed by atoms with Crippen molar-refractivity contribution >= 4 is 17.2 Å². The molecule has 0 aliphatic rings. The van der Waals surface area contributed by atoms with Gasteiger partial charge in [-0.25, -0.2) is 4.98 Å². The first-order valence-corrected chi connectivity index (χ1v) is 10.1. The molecular weight excluding hydrogens is 413 g/mol. The van der Waals surface area contributed by atoms with E-state index in [1.807, 2.05) is 25.1 Å². The smallest absolute Gasteiger partial charge is 0.416 e. The van der Waals surface area contributed by atoms with E-state index in [2.05, 4.69) is 10.3 Å². The number of thiazole rings is 1. The second kappa shape index (κ2) is 8.87. The minimum absolute atomic E-state index is 0.255. The molecule has 0 fully saturated rings. The molecule has 1 heterocycles. The molecule has 0 aliphatic carbocycles. The Bertz CT molecular complexity index is 1040. The van der Waals surface area contributed by atoms with Gasteiger partial charge < -0.3 is 10.1 Å². The Balaban J connectivity index is 1.68. The summed E-state index contributed by atoms with van der Waals surface area (Å²) in [5, 5.41) is 3.39. The van der Waals surface area contributed by atoms with E-state index in [1.165, 1.54) is 12.1 Å². The van der Waals surface area contributed by atoms with Crippen molar-refractivity contribution < 1.29 is 22.7 Å². The highest BCUT2D eigenvalue weighted by molar-refractivity contribution is 7.17. The fourth-order valence-corrected chi connectivity index (χ4v) is 4.01. The average molecular weight is 434 g/mol. The lowest BCUT2D eigenvalue weighted by molar-refractivity contribution is -0.137. The van der Waals surface area contributed by atoms with E-state index >= 15 is 0 Å². The van der Waals surface area contributed by atoms with Gasteiger partial charge in [0.25, 0.3) is 5.91 Å². The number of nitrogens with zero attached hydrogens (tertiary/aromatic N) is 1. The molecular formula is C22H21F3N2O2S. The number of methoxy groups -OCH3 is 1. The highest BCUT2D eigenvalue weighted by atomic mass is 32.1. The van der Waals surface area contributed by atoms with Crippen LogP contribution in [0.25, 0.3) is 10.6 Å². The van der Waals surface area contributed by atoms with Gasteiger partial charge in [0.1, 0.15) is 15.6 Å². The monoisotopic (exact) mass is 434 g/mol. The van der Waals surface area contributed by atoms with E-state index in [0.29, 0.717) is 34.1 Å². The molecule has 0 aliphatic heterocycles.